The summed E-state index contributed by atoms with van der Waals surface area (Å²) in [5, 5.41) is 2.85. The van der Waals surface area contributed by atoms with Crippen LogP contribution in [0.25, 0.3) is 6.08 Å². The van der Waals surface area contributed by atoms with Gasteiger partial charge in [-0.05, 0) is 43.5 Å². The number of benzene rings is 2. The SMILES string of the molecule is COc1ccc(C)cc1/C=C/C(=O)N(C)CC(=O)Nc1ccccc1SC. The first-order chi connectivity index (χ1) is 12.9. The first kappa shape index (κ1) is 20.6. The number of aryl methyl sites for hydroxylation is 1. The van der Waals surface area contributed by atoms with Gasteiger partial charge in [0.2, 0.25) is 11.8 Å². The Balaban J connectivity index is 1.99. The van der Waals surface area contributed by atoms with Gasteiger partial charge < -0.3 is 15.0 Å². The molecule has 0 saturated heterocycles. The van der Waals surface area contributed by atoms with Gasteiger partial charge in [-0.2, -0.15) is 0 Å². The lowest BCUT2D eigenvalue weighted by Crippen LogP contribution is -2.33. The normalized spacial score (nSPS) is 10.7. The van der Waals surface area contributed by atoms with Gasteiger partial charge in [0.05, 0.1) is 19.3 Å². The van der Waals surface area contributed by atoms with Crippen LogP contribution in [0.4, 0.5) is 5.69 Å². The zero-order valence-corrected chi connectivity index (χ0v) is 16.8. The van der Waals surface area contributed by atoms with E-state index in [0.29, 0.717) is 5.75 Å². The van der Waals surface area contributed by atoms with Crippen LogP contribution in [0.5, 0.6) is 5.75 Å². The van der Waals surface area contributed by atoms with Gasteiger partial charge in [0.1, 0.15) is 5.75 Å². The van der Waals surface area contributed by atoms with E-state index in [1.165, 1.54) is 11.0 Å². The summed E-state index contributed by atoms with van der Waals surface area (Å²) in [4.78, 5) is 26.9. The van der Waals surface area contributed by atoms with E-state index in [0.717, 1.165) is 21.7 Å². The highest BCUT2D eigenvalue weighted by Gasteiger charge is 2.12. The van der Waals surface area contributed by atoms with Crippen LogP contribution >= 0.6 is 11.8 Å². The third kappa shape index (κ3) is 5.89. The van der Waals surface area contributed by atoms with E-state index < -0.39 is 0 Å². The lowest BCUT2D eigenvalue weighted by atomic mass is 10.1. The molecule has 6 heteroatoms. The van der Waals surface area contributed by atoms with E-state index in [1.807, 2.05) is 55.6 Å². The molecule has 2 amide bonds. The minimum atomic E-state index is -0.258. The molecule has 5 nitrogen and oxygen atoms in total. The molecule has 0 aliphatic rings. The molecular weight excluding hydrogens is 360 g/mol. The Morgan fingerprint density at radius 3 is 2.67 bits per heavy atom. The zero-order chi connectivity index (χ0) is 19.8. The standard InChI is InChI=1S/C21H24N2O3S/c1-15-9-11-18(26-3)16(13-15)10-12-21(25)23(2)14-20(24)22-17-7-5-6-8-19(17)27-4/h5-13H,14H2,1-4H3,(H,22,24)/b12-10+. The molecule has 0 heterocycles. The number of ether oxygens (including phenoxy) is 1. The number of nitrogens with zero attached hydrogens (tertiary/aromatic N) is 1. The second kappa shape index (κ2) is 9.83. The van der Waals surface area contributed by atoms with E-state index >= 15 is 0 Å². The molecule has 0 bridgehead atoms. The molecule has 0 aliphatic carbocycles. The summed E-state index contributed by atoms with van der Waals surface area (Å²) in [6.07, 6.45) is 5.09. The fourth-order valence-corrected chi connectivity index (χ4v) is 3.06. The van der Waals surface area contributed by atoms with Gasteiger partial charge in [-0.15, -0.1) is 11.8 Å². The third-order valence-corrected chi connectivity index (χ3v) is 4.72. The fraction of sp³-hybridized carbons (Fsp3) is 0.238. The van der Waals surface area contributed by atoms with Crippen LogP contribution in [-0.4, -0.2) is 43.7 Å². The Morgan fingerprint density at radius 1 is 1.22 bits per heavy atom. The molecule has 0 fully saturated rings. The van der Waals surface area contributed by atoms with Crippen LogP contribution in [-0.2, 0) is 9.59 Å². The molecule has 0 aromatic heterocycles. The van der Waals surface area contributed by atoms with Gasteiger partial charge in [0.15, 0.2) is 0 Å². The Kier molecular flexibility index (Phi) is 7.49. The van der Waals surface area contributed by atoms with Crippen LogP contribution in [0.3, 0.4) is 0 Å². The molecule has 0 unspecified atom stereocenters. The number of rotatable bonds is 7. The van der Waals surface area contributed by atoms with E-state index in [9.17, 15) is 9.59 Å². The Labute approximate surface area is 164 Å². The van der Waals surface area contributed by atoms with Crippen molar-refractivity contribution in [3.63, 3.8) is 0 Å². The van der Waals surface area contributed by atoms with Gasteiger partial charge in [-0.3, -0.25) is 9.59 Å². The highest BCUT2D eigenvalue weighted by molar-refractivity contribution is 7.98. The van der Waals surface area contributed by atoms with E-state index in [-0.39, 0.29) is 18.4 Å². The number of amides is 2. The molecule has 142 valence electrons. The number of methoxy groups -OCH3 is 1. The molecule has 0 spiro atoms. The number of carbonyl (C=O) groups excluding carboxylic acids is 2. The number of thioether (sulfide) groups is 1. The van der Waals surface area contributed by atoms with Crippen molar-refractivity contribution in [2.24, 2.45) is 0 Å². The maximum atomic E-state index is 12.3. The minimum Gasteiger partial charge on any atom is -0.496 e. The van der Waals surface area contributed by atoms with Crippen molar-refractivity contribution in [2.75, 3.05) is 32.3 Å². The van der Waals surface area contributed by atoms with Crippen molar-refractivity contribution < 1.29 is 14.3 Å². The Bertz CT molecular complexity index is 849. The Hall–Kier alpha value is -2.73. The number of likely N-dealkylation sites (N-methyl/N-ethyl adjacent to an activating group) is 1. The predicted octanol–water partition coefficient (Wildman–Crippen LogP) is 3.84. The summed E-state index contributed by atoms with van der Waals surface area (Å²) in [5.41, 5.74) is 2.64. The highest BCUT2D eigenvalue weighted by atomic mass is 32.2. The van der Waals surface area contributed by atoms with Gasteiger partial charge in [0.25, 0.3) is 0 Å². The van der Waals surface area contributed by atoms with Crippen molar-refractivity contribution in [3.8, 4) is 5.75 Å². The van der Waals surface area contributed by atoms with Crippen LogP contribution in [0.2, 0.25) is 0 Å². The molecule has 2 rings (SSSR count). The topological polar surface area (TPSA) is 58.6 Å². The molecule has 0 atom stereocenters. The maximum absolute atomic E-state index is 12.3. The Morgan fingerprint density at radius 2 is 1.96 bits per heavy atom. The van der Waals surface area contributed by atoms with Crippen LogP contribution in [0.1, 0.15) is 11.1 Å². The van der Waals surface area contributed by atoms with Crippen molar-refractivity contribution in [2.45, 2.75) is 11.8 Å². The van der Waals surface area contributed by atoms with Crippen molar-refractivity contribution in [1.82, 2.24) is 4.90 Å². The average molecular weight is 385 g/mol. The first-order valence-corrected chi connectivity index (χ1v) is 9.67. The molecule has 1 N–H and O–H groups in total. The monoisotopic (exact) mass is 384 g/mol. The van der Waals surface area contributed by atoms with E-state index in [4.69, 9.17) is 4.74 Å². The summed E-state index contributed by atoms with van der Waals surface area (Å²) in [7, 11) is 3.19. The lowest BCUT2D eigenvalue weighted by Gasteiger charge is -2.16. The van der Waals surface area contributed by atoms with Crippen LogP contribution < -0.4 is 10.1 Å². The number of para-hydroxylation sites is 1. The van der Waals surface area contributed by atoms with Crippen molar-refractivity contribution in [3.05, 3.63) is 59.7 Å². The predicted molar refractivity (Wildman–Crippen MR) is 111 cm³/mol. The van der Waals surface area contributed by atoms with E-state index in [1.54, 1.807) is 32.0 Å². The zero-order valence-electron chi connectivity index (χ0n) is 16.0. The number of hydrogen-bond donors (Lipinski definition) is 1. The second-order valence-corrected chi connectivity index (χ2v) is 6.87. The summed E-state index contributed by atoms with van der Waals surface area (Å²) in [6, 6.07) is 13.3. The van der Waals surface area contributed by atoms with Gasteiger partial charge in [-0.25, -0.2) is 0 Å². The number of carbonyl (C=O) groups is 2. The molecule has 27 heavy (non-hydrogen) atoms. The third-order valence-electron chi connectivity index (χ3n) is 3.93. The maximum Gasteiger partial charge on any atom is 0.246 e. The number of anilines is 1. The summed E-state index contributed by atoms with van der Waals surface area (Å²) >= 11 is 1.55. The fourth-order valence-electron chi connectivity index (χ4n) is 2.50. The van der Waals surface area contributed by atoms with Gasteiger partial charge in [0, 0.05) is 23.6 Å². The molecule has 0 aliphatic heterocycles. The van der Waals surface area contributed by atoms with Gasteiger partial charge >= 0.3 is 0 Å². The smallest absolute Gasteiger partial charge is 0.246 e. The summed E-state index contributed by atoms with van der Waals surface area (Å²) < 4.78 is 5.30. The van der Waals surface area contributed by atoms with Gasteiger partial charge in [-0.1, -0.05) is 23.8 Å². The molecular formula is C21H24N2O3S. The van der Waals surface area contributed by atoms with Crippen molar-refractivity contribution >= 4 is 35.3 Å². The molecule has 2 aromatic rings. The summed E-state index contributed by atoms with van der Waals surface area (Å²) in [5.74, 6) is 0.194. The molecule has 2 aromatic carbocycles. The molecule has 0 saturated carbocycles. The minimum absolute atomic E-state index is 0.0309. The van der Waals surface area contributed by atoms with Crippen LogP contribution in [0, 0.1) is 6.92 Å². The van der Waals surface area contributed by atoms with E-state index in [2.05, 4.69) is 5.32 Å². The quantitative estimate of drug-likeness (QED) is 0.582. The average Bonchev–Trinajstić information content (AvgIpc) is 2.66. The molecule has 0 radical (unpaired) electrons. The van der Waals surface area contributed by atoms with Crippen molar-refractivity contribution in [1.29, 1.82) is 0 Å². The summed E-state index contributed by atoms with van der Waals surface area (Å²) in [6.45, 7) is 1.94. The number of hydrogen-bond acceptors (Lipinski definition) is 4. The highest BCUT2D eigenvalue weighted by Crippen LogP contribution is 2.24. The first-order valence-electron chi connectivity index (χ1n) is 8.45. The second-order valence-electron chi connectivity index (χ2n) is 6.02. The number of nitrogens with one attached hydrogen (secondary N) is 1. The van der Waals surface area contributed by atoms with Crippen LogP contribution in [0.15, 0.2) is 53.4 Å². The largest absolute Gasteiger partial charge is 0.496 e. The lowest BCUT2D eigenvalue weighted by molar-refractivity contribution is -0.129.